The van der Waals surface area contributed by atoms with Gasteiger partial charge in [0.25, 0.3) is 0 Å². The average Bonchev–Trinajstić information content (AvgIpc) is 1.52. The summed E-state index contributed by atoms with van der Waals surface area (Å²) < 4.78 is 21.8. The van der Waals surface area contributed by atoms with Crippen LogP contribution in [0.2, 0.25) is 0 Å². The second-order valence-corrected chi connectivity index (χ2v) is 20.2. The number of rotatable bonds is 41. The van der Waals surface area contributed by atoms with Crippen LogP contribution in [0, 0.1) is 0 Å². The van der Waals surface area contributed by atoms with Gasteiger partial charge in [0.2, 0.25) is 23.3 Å². The third-order valence-electron chi connectivity index (χ3n) is 13.1. The van der Waals surface area contributed by atoms with E-state index in [9.17, 15) is 69.0 Å². The summed E-state index contributed by atoms with van der Waals surface area (Å²) in [5, 5.41) is 81.3. The molecular weight excluding hydrogens is 1110 g/mol. The number of ether oxygens (including phenoxy) is 4. The van der Waals surface area contributed by atoms with Gasteiger partial charge in [-0.05, 0) is 50.7 Å². The van der Waals surface area contributed by atoms with Gasteiger partial charge in [-0.25, -0.2) is 38.8 Å². The normalized spacial score (nSPS) is 19.5. The summed E-state index contributed by atoms with van der Waals surface area (Å²) in [7, 11) is 0. The van der Waals surface area contributed by atoms with Crippen molar-refractivity contribution in [3.63, 3.8) is 0 Å². The number of carbonyl (C=O) groups excluding carboxylic acids is 6. The lowest BCUT2D eigenvalue weighted by Crippen LogP contribution is -2.61. The first-order valence-corrected chi connectivity index (χ1v) is 28.5. The number of unbranched alkanes of at least 4 members (excludes halogenated alkanes) is 15. The Hall–Kier alpha value is -7.58. The van der Waals surface area contributed by atoms with E-state index in [1.54, 1.807) is 0 Å². The van der Waals surface area contributed by atoms with E-state index in [-0.39, 0.29) is 25.2 Å². The summed E-state index contributed by atoms with van der Waals surface area (Å²) in [6, 6.07) is -5.23. The maximum Gasteiger partial charge on any atom is 0.407 e. The number of aliphatic imine (C=N–C) groups is 2. The number of urea groups is 2. The highest BCUT2D eigenvalue weighted by molar-refractivity contribution is 5.86. The van der Waals surface area contributed by atoms with Crippen molar-refractivity contribution in [1.82, 2.24) is 42.5 Å². The predicted molar refractivity (Wildman–Crippen MR) is 304 cm³/mol. The minimum absolute atomic E-state index is 0.183. The van der Waals surface area contributed by atoms with Gasteiger partial charge >= 0.3 is 36.2 Å². The van der Waals surface area contributed by atoms with E-state index in [4.69, 9.17) is 41.9 Å². The number of aliphatic carboxylic acids is 2. The number of carboxylic acids is 2. The minimum atomic E-state index is -1.74. The molecule has 0 spiro atoms. The topological polar surface area (TPSA) is 520 Å². The summed E-state index contributed by atoms with van der Waals surface area (Å²) in [5.74, 6) is -6.31. The van der Waals surface area contributed by atoms with E-state index < -0.39 is 133 Å². The van der Waals surface area contributed by atoms with Crippen LogP contribution in [0.1, 0.15) is 129 Å². The molecule has 32 nitrogen and oxygen atoms in total. The highest BCUT2D eigenvalue weighted by Gasteiger charge is 2.48. The molecule has 8 amide bonds. The van der Waals surface area contributed by atoms with Gasteiger partial charge in [0.15, 0.2) is 36.3 Å². The van der Waals surface area contributed by atoms with E-state index in [0.717, 1.165) is 89.2 Å². The zero-order valence-corrected chi connectivity index (χ0v) is 48.1. The van der Waals surface area contributed by atoms with Crippen molar-refractivity contribution in [2.24, 2.45) is 32.9 Å². The Kier molecular flexibility index (Phi) is 35.8. The fourth-order valence-corrected chi connectivity index (χ4v) is 9.05. The van der Waals surface area contributed by atoms with Gasteiger partial charge in [-0.15, -0.1) is 0 Å². The Morgan fingerprint density at radius 3 is 0.976 bits per heavy atom. The molecule has 0 saturated heterocycles. The number of nitrogens with one attached hydrogen (secondary N) is 8. The molecule has 0 fully saturated rings. The maximum absolute atomic E-state index is 12.7. The van der Waals surface area contributed by atoms with Crippen LogP contribution in [-0.4, -0.2) is 204 Å². The molecule has 22 N–H and O–H groups in total. The Bertz CT molecular complexity index is 2030. The predicted octanol–water partition coefficient (Wildman–Crippen LogP) is -1.47. The van der Waals surface area contributed by atoms with E-state index in [0.29, 0.717) is 64.7 Å². The number of aliphatic hydroxyl groups excluding tert-OH is 4. The van der Waals surface area contributed by atoms with Crippen LogP contribution in [-0.2, 0) is 38.1 Å². The second kappa shape index (κ2) is 41.4. The fraction of sp³-hybridized carbons (Fsp3) is 0.731. The van der Waals surface area contributed by atoms with Crippen molar-refractivity contribution >= 4 is 59.9 Å². The van der Waals surface area contributed by atoms with Crippen molar-refractivity contribution in [2.75, 3.05) is 52.5 Å². The third kappa shape index (κ3) is 30.1. The smallest absolute Gasteiger partial charge is 0.407 e. The lowest BCUT2D eigenvalue weighted by Gasteiger charge is -2.39. The number of nitrogens with two attached hydrogens (primary N) is 4. The van der Waals surface area contributed by atoms with Gasteiger partial charge in [0.05, 0.1) is 37.4 Å². The van der Waals surface area contributed by atoms with Crippen LogP contribution in [0.4, 0.5) is 19.2 Å². The molecule has 0 aromatic rings. The highest BCUT2D eigenvalue weighted by atomic mass is 16.6. The monoisotopic (exact) mass is 1200 g/mol. The molecular formula is C52H92N14O18. The number of carboxylic acid groups (broad SMARTS) is 2. The summed E-state index contributed by atoms with van der Waals surface area (Å²) >= 11 is 0. The number of hydrogen-bond acceptors (Lipinski definition) is 18. The van der Waals surface area contributed by atoms with Crippen LogP contribution >= 0.6 is 0 Å². The van der Waals surface area contributed by atoms with E-state index in [1.165, 1.54) is 13.8 Å². The molecule has 2 heterocycles. The lowest BCUT2D eigenvalue weighted by atomic mass is 9.92. The molecule has 10 unspecified atom stereocenters. The summed E-state index contributed by atoms with van der Waals surface area (Å²) in [6.07, 6.45) is 6.19. The minimum Gasteiger partial charge on any atom is -0.477 e. The van der Waals surface area contributed by atoms with E-state index >= 15 is 0 Å². The number of aliphatic hydroxyl groups is 4. The molecule has 0 aliphatic carbocycles. The first-order chi connectivity index (χ1) is 40.1. The first-order valence-electron chi connectivity index (χ1n) is 28.5. The second-order valence-electron chi connectivity index (χ2n) is 20.2. The standard InChI is InChI=1S/C52H92N14O18/c1-31(69)63-39-33(65-47(53)54)27-37(45(73)74)81-43(39)41(35(71)29-67)83-51(79)61-25-19-13-11-17-23-59-49(77)57-21-15-9-7-5-3-4-6-8-10-16-22-58-50(78)60-24-18-12-14-20-26-62-52(80)84-42(36(72)30-68)44-40(64-32(2)70)34(66-48(55)56)28-38(82-44)46(75)76/h27-28,33-36,39-44,67-68,71-72H,3-26,29-30H2,1-2H3,(H,61,79)(H,62,80)(H,63,69)(H,64,70)(H,73,74)(H,75,76)(H4,53,54,65)(H4,55,56,66)(H2,57,59,77)(H2,58,60,78). The Balaban J connectivity index is 1.46. The quantitative estimate of drug-likeness (QED) is 0.0189. The third-order valence-corrected chi connectivity index (χ3v) is 13.1. The number of amides is 8. The largest absolute Gasteiger partial charge is 0.477 e. The molecule has 2 rings (SSSR count). The molecule has 0 saturated carbocycles. The Labute approximate surface area is 488 Å². The van der Waals surface area contributed by atoms with Crippen LogP contribution in [0.3, 0.4) is 0 Å². The number of guanidine groups is 2. The van der Waals surface area contributed by atoms with Crippen LogP contribution in [0.15, 0.2) is 33.7 Å². The first kappa shape index (κ1) is 72.5. The lowest BCUT2D eigenvalue weighted by molar-refractivity contribution is -0.147. The SMILES string of the molecule is CC(=O)NC1C(N=C(N)N)C=C(C(=O)O)OC1C(OC(=O)NCCCCCCNC(=O)NCCCCCCCCCCCCNC(=O)NCCCCCCNC(=O)OC(C(O)CO)C1OC(C(=O)O)=CC(N=C(N)N)C1NC(C)=O)C(O)CO. The van der Waals surface area contributed by atoms with E-state index in [2.05, 4.69) is 52.5 Å². The number of alkyl carbamates (subject to hydrolysis) is 2. The van der Waals surface area contributed by atoms with Gasteiger partial charge in [0.1, 0.15) is 12.2 Å². The summed E-state index contributed by atoms with van der Waals surface area (Å²) in [5.41, 5.74) is 22.0. The molecule has 0 aromatic carbocycles. The van der Waals surface area contributed by atoms with Gasteiger partial charge < -0.3 is 115 Å². The molecule has 0 bridgehead atoms. The molecule has 2 aliphatic rings. The zero-order valence-electron chi connectivity index (χ0n) is 48.1. The summed E-state index contributed by atoms with van der Waals surface area (Å²) in [6.45, 7) is 3.00. The average molecular weight is 1200 g/mol. The van der Waals surface area contributed by atoms with Gasteiger partial charge in [0, 0.05) is 53.1 Å². The van der Waals surface area contributed by atoms with Crippen molar-refractivity contribution in [2.45, 2.75) is 190 Å². The van der Waals surface area contributed by atoms with Crippen LogP contribution in [0.25, 0.3) is 0 Å². The Morgan fingerprint density at radius 2 is 0.738 bits per heavy atom. The van der Waals surface area contributed by atoms with E-state index in [1.807, 2.05) is 0 Å². The zero-order chi connectivity index (χ0) is 62.4. The molecule has 0 radical (unpaired) electrons. The van der Waals surface area contributed by atoms with Crippen molar-refractivity contribution in [3.8, 4) is 0 Å². The van der Waals surface area contributed by atoms with Crippen molar-refractivity contribution < 1.29 is 87.9 Å². The molecule has 0 aromatic heterocycles. The fourth-order valence-electron chi connectivity index (χ4n) is 9.05. The Morgan fingerprint density at radius 1 is 0.476 bits per heavy atom. The molecule has 478 valence electrons. The number of hydrogen-bond donors (Lipinski definition) is 18. The molecule has 2 aliphatic heterocycles. The number of nitrogens with zero attached hydrogens (tertiary/aromatic N) is 2. The van der Waals surface area contributed by atoms with Gasteiger partial charge in [-0.1, -0.05) is 77.0 Å². The highest BCUT2D eigenvalue weighted by Crippen LogP contribution is 2.28. The van der Waals surface area contributed by atoms with Crippen molar-refractivity contribution in [1.29, 1.82) is 0 Å². The maximum atomic E-state index is 12.7. The van der Waals surface area contributed by atoms with Gasteiger partial charge in [-0.3, -0.25) is 9.59 Å². The van der Waals surface area contributed by atoms with Gasteiger partial charge in [-0.2, -0.15) is 0 Å². The summed E-state index contributed by atoms with van der Waals surface area (Å²) in [4.78, 5) is 105. The molecule has 32 heteroatoms. The molecule has 84 heavy (non-hydrogen) atoms. The van der Waals surface area contributed by atoms with Crippen molar-refractivity contribution in [3.05, 3.63) is 23.7 Å². The molecule has 10 atom stereocenters. The number of carbonyl (C=O) groups is 8. The van der Waals surface area contributed by atoms with Crippen LogP contribution < -0.4 is 65.5 Å². The van der Waals surface area contributed by atoms with Crippen LogP contribution in [0.5, 0.6) is 0 Å².